The van der Waals surface area contributed by atoms with E-state index in [0.717, 1.165) is 11.1 Å². The van der Waals surface area contributed by atoms with Crippen molar-refractivity contribution >= 4 is 33.6 Å². The molecule has 1 aliphatic rings. The standard InChI is InChI=1S/C21H17BrO2/c1-2-21(13-12-19(23)15-8-4-3-5-9-15)17-11-7-6-10-16(17)14-18(22)20(21)24/h3-14H,2H2,1H3/b13-12-/t21-/m1/s1. The van der Waals surface area contributed by atoms with Crippen LogP contribution in [0.25, 0.3) is 6.08 Å². The smallest absolute Gasteiger partial charge is 0.185 e. The molecule has 0 spiro atoms. The number of carbonyl (C=O) groups is 2. The van der Waals surface area contributed by atoms with Gasteiger partial charge in [-0.1, -0.05) is 67.6 Å². The maximum atomic E-state index is 12.9. The van der Waals surface area contributed by atoms with E-state index < -0.39 is 5.41 Å². The van der Waals surface area contributed by atoms with Crippen LogP contribution in [0.3, 0.4) is 0 Å². The summed E-state index contributed by atoms with van der Waals surface area (Å²) in [4.78, 5) is 25.3. The molecule has 0 unspecified atom stereocenters. The summed E-state index contributed by atoms with van der Waals surface area (Å²) in [5.74, 6) is -0.111. The fraction of sp³-hybridized carbons (Fsp3) is 0.143. The van der Waals surface area contributed by atoms with E-state index in [0.29, 0.717) is 16.5 Å². The van der Waals surface area contributed by atoms with Gasteiger partial charge in [0.1, 0.15) is 0 Å². The highest BCUT2D eigenvalue weighted by atomic mass is 79.9. The molecule has 2 nitrogen and oxygen atoms in total. The second-order valence-corrected chi connectivity index (χ2v) is 6.65. The predicted octanol–water partition coefficient (Wildman–Crippen LogP) is 5.09. The molecule has 0 aliphatic heterocycles. The second kappa shape index (κ2) is 6.70. The van der Waals surface area contributed by atoms with Crippen LogP contribution < -0.4 is 0 Å². The molecule has 0 N–H and O–H groups in total. The maximum absolute atomic E-state index is 12.9. The van der Waals surface area contributed by atoms with Crippen molar-refractivity contribution in [1.82, 2.24) is 0 Å². The van der Waals surface area contributed by atoms with Crippen LogP contribution >= 0.6 is 15.9 Å². The first-order valence-corrected chi connectivity index (χ1v) is 8.68. The third-order valence-electron chi connectivity index (χ3n) is 4.48. The highest BCUT2D eigenvalue weighted by Crippen LogP contribution is 2.41. The summed E-state index contributed by atoms with van der Waals surface area (Å²) in [7, 11) is 0. The number of halogens is 1. The molecule has 2 aromatic rings. The van der Waals surface area contributed by atoms with Gasteiger partial charge in [0.2, 0.25) is 0 Å². The number of benzene rings is 2. The Morgan fingerprint density at radius 3 is 2.46 bits per heavy atom. The molecule has 0 saturated heterocycles. The lowest BCUT2D eigenvalue weighted by atomic mass is 9.69. The van der Waals surface area contributed by atoms with Crippen molar-refractivity contribution in [3.05, 3.63) is 87.9 Å². The van der Waals surface area contributed by atoms with Gasteiger partial charge >= 0.3 is 0 Å². The number of carbonyl (C=O) groups excluding carboxylic acids is 2. The molecule has 0 saturated carbocycles. The van der Waals surface area contributed by atoms with Crippen molar-refractivity contribution in [2.75, 3.05) is 0 Å². The van der Waals surface area contributed by atoms with Crippen LogP contribution in [0.4, 0.5) is 0 Å². The summed E-state index contributed by atoms with van der Waals surface area (Å²) in [5.41, 5.74) is 1.75. The Kier molecular flexibility index (Phi) is 4.63. The molecule has 0 aromatic heterocycles. The highest BCUT2D eigenvalue weighted by Gasteiger charge is 2.41. The van der Waals surface area contributed by atoms with Crippen molar-refractivity contribution in [2.45, 2.75) is 18.8 Å². The Balaban J connectivity index is 2.06. The van der Waals surface area contributed by atoms with E-state index >= 15 is 0 Å². The normalized spacial score (nSPS) is 19.9. The summed E-state index contributed by atoms with van der Waals surface area (Å²) in [5, 5.41) is 0. The van der Waals surface area contributed by atoms with Crippen molar-refractivity contribution in [2.24, 2.45) is 0 Å². The van der Waals surface area contributed by atoms with Crippen LogP contribution in [0.5, 0.6) is 0 Å². The van der Waals surface area contributed by atoms with Crippen LogP contribution in [0.1, 0.15) is 34.8 Å². The zero-order chi connectivity index (χ0) is 17.2. The second-order valence-electron chi connectivity index (χ2n) is 5.80. The van der Waals surface area contributed by atoms with Gasteiger partial charge in [-0.15, -0.1) is 0 Å². The molecular weight excluding hydrogens is 364 g/mol. The van der Waals surface area contributed by atoms with Gasteiger partial charge in [-0.05, 0) is 45.6 Å². The summed E-state index contributed by atoms with van der Waals surface area (Å²) in [6.45, 7) is 1.97. The molecule has 1 atom stereocenters. The summed E-state index contributed by atoms with van der Waals surface area (Å²) in [6.07, 6.45) is 5.72. The lowest BCUT2D eigenvalue weighted by Gasteiger charge is -2.33. The van der Waals surface area contributed by atoms with E-state index in [9.17, 15) is 9.59 Å². The molecule has 0 amide bonds. The first-order valence-electron chi connectivity index (χ1n) is 7.88. The van der Waals surface area contributed by atoms with Crippen molar-refractivity contribution < 1.29 is 9.59 Å². The van der Waals surface area contributed by atoms with E-state index in [2.05, 4.69) is 15.9 Å². The average Bonchev–Trinajstić information content (AvgIpc) is 2.63. The molecule has 0 heterocycles. The quantitative estimate of drug-likeness (QED) is 0.546. The summed E-state index contributed by atoms with van der Waals surface area (Å²) < 4.78 is 0.542. The first kappa shape index (κ1) is 16.6. The zero-order valence-electron chi connectivity index (χ0n) is 13.3. The lowest BCUT2D eigenvalue weighted by molar-refractivity contribution is -0.118. The van der Waals surface area contributed by atoms with Gasteiger partial charge in [-0.2, -0.15) is 0 Å². The maximum Gasteiger partial charge on any atom is 0.185 e. The van der Waals surface area contributed by atoms with E-state index in [1.807, 2.05) is 55.5 Å². The monoisotopic (exact) mass is 380 g/mol. The number of rotatable bonds is 4. The van der Waals surface area contributed by atoms with Gasteiger partial charge in [0.15, 0.2) is 11.6 Å². The Hall–Kier alpha value is -2.26. The molecule has 0 bridgehead atoms. The van der Waals surface area contributed by atoms with E-state index in [1.54, 1.807) is 18.2 Å². The third-order valence-corrected chi connectivity index (χ3v) is 5.07. The minimum Gasteiger partial charge on any atom is -0.292 e. The SMILES string of the molecule is CC[C@]1(/C=C\C(=O)c2ccccc2)C(=O)C(Br)=Cc2ccccc21. The molecule has 0 fully saturated rings. The molecule has 3 heteroatoms. The highest BCUT2D eigenvalue weighted by molar-refractivity contribution is 9.12. The number of hydrogen-bond acceptors (Lipinski definition) is 2. The van der Waals surface area contributed by atoms with E-state index in [4.69, 9.17) is 0 Å². The van der Waals surface area contributed by atoms with Crippen molar-refractivity contribution in [1.29, 1.82) is 0 Å². The Morgan fingerprint density at radius 1 is 1.08 bits per heavy atom. The third kappa shape index (κ3) is 2.80. The summed E-state index contributed by atoms with van der Waals surface area (Å²) >= 11 is 3.38. The Morgan fingerprint density at radius 2 is 1.75 bits per heavy atom. The van der Waals surface area contributed by atoms with Gasteiger partial charge in [-0.25, -0.2) is 0 Å². The van der Waals surface area contributed by atoms with Crippen molar-refractivity contribution in [3.63, 3.8) is 0 Å². The molecule has 120 valence electrons. The number of allylic oxidation sites excluding steroid dienone is 3. The number of fused-ring (bicyclic) bond motifs is 1. The van der Waals surface area contributed by atoms with E-state index in [-0.39, 0.29) is 11.6 Å². The van der Waals surface area contributed by atoms with Crippen LogP contribution in [0.2, 0.25) is 0 Å². The minimum atomic E-state index is -0.811. The fourth-order valence-corrected chi connectivity index (χ4v) is 3.72. The van der Waals surface area contributed by atoms with Crippen LogP contribution in [0.15, 0.2) is 71.2 Å². The Labute approximate surface area is 150 Å². The fourth-order valence-electron chi connectivity index (χ4n) is 3.12. The largest absolute Gasteiger partial charge is 0.292 e. The number of ketones is 2. The zero-order valence-corrected chi connectivity index (χ0v) is 14.9. The predicted molar refractivity (Wildman–Crippen MR) is 100 cm³/mol. The van der Waals surface area contributed by atoms with Crippen LogP contribution in [-0.4, -0.2) is 11.6 Å². The molecule has 24 heavy (non-hydrogen) atoms. The molecule has 2 aromatic carbocycles. The first-order chi connectivity index (χ1) is 11.6. The van der Waals surface area contributed by atoms with Crippen molar-refractivity contribution in [3.8, 4) is 0 Å². The van der Waals surface area contributed by atoms with Gasteiger partial charge in [0, 0.05) is 5.56 Å². The number of Topliss-reactive ketones (excluding diaryl/α,β-unsaturated/α-hetero) is 1. The minimum absolute atomic E-state index is 0.0131. The van der Waals surface area contributed by atoms with Gasteiger partial charge in [-0.3, -0.25) is 9.59 Å². The average molecular weight is 381 g/mol. The van der Waals surface area contributed by atoms with Gasteiger partial charge < -0.3 is 0 Å². The van der Waals surface area contributed by atoms with Gasteiger partial charge in [0.25, 0.3) is 0 Å². The van der Waals surface area contributed by atoms with E-state index in [1.165, 1.54) is 6.08 Å². The number of hydrogen-bond donors (Lipinski definition) is 0. The van der Waals surface area contributed by atoms with Gasteiger partial charge in [0.05, 0.1) is 9.90 Å². The Bertz CT molecular complexity index is 849. The van der Waals surface area contributed by atoms with Crippen LogP contribution in [-0.2, 0) is 10.2 Å². The molecular formula is C21H17BrO2. The molecule has 3 rings (SSSR count). The summed E-state index contributed by atoms with van der Waals surface area (Å²) in [6, 6.07) is 16.9. The lowest BCUT2D eigenvalue weighted by Crippen LogP contribution is -2.36. The molecule has 1 aliphatic carbocycles. The van der Waals surface area contributed by atoms with Crippen LogP contribution in [0, 0.1) is 0 Å². The molecule has 0 radical (unpaired) electrons. The topological polar surface area (TPSA) is 34.1 Å².